The Labute approximate surface area is 142 Å². The van der Waals surface area contributed by atoms with E-state index in [0.29, 0.717) is 0 Å². The van der Waals surface area contributed by atoms with Crippen molar-refractivity contribution >= 4 is 0 Å². The zero-order valence-corrected chi connectivity index (χ0v) is 14.0. The molecule has 0 aliphatic carbocycles. The summed E-state index contributed by atoms with van der Waals surface area (Å²) in [5.41, 5.74) is 7.35. The molecule has 0 saturated carbocycles. The molecule has 0 spiro atoms. The summed E-state index contributed by atoms with van der Waals surface area (Å²) in [6.07, 6.45) is 4.43. The van der Waals surface area contributed by atoms with E-state index in [4.69, 9.17) is 0 Å². The van der Waals surface area contributed by atoms with Gasteiger partial charge in [-0.1, -0.05) is 36.4 Å². The third kappa shape index (κ3) is 2.56. The Morgan fingerprint density at radius 3 is 1.29 bits per heavy atom. The van der Waals surface area contributed by atoms with E-state index in [1.165, 1.54) is 33.9 Å². The van der Waals surface area contributed by atoms with E-state index in [1.54, 1.807) is 0 Å². The lowest BCUT2D eigenvalue weighted by molar-refractivity contribution is 1.01. The predicted octanol–water partition coefficient (Wildman–Crippen LogP) is 5.55. The maximum absolute atomic E-state index is 2.25. The molecule has 0 N–H and O–H groups in total. The van der Waals surface area contributed by atoms with Crippen LogP contribution in [0.3, 0.4) is 0 Å². The fourth-order valence-corrected chi connectivity index (χ4v) is 3.19. The van der Waals surface area contributed by atoms with Gasteiger partial charge in [0.2, 0.25) is 0 Å². The van der Waals surface area contributed by atoms with Crippen LogP contribution in [0.25, 0.3) is 22.5 Å². The molecule has 0 saturated heterocycles. The summed E-state index contributed by atoms with van der Waals surface area (Å²) in [6.45, 7) is 4.30. The Morgan fingerprint density at radius 2 is 0.917 bits per heavy atom. The molecule has 2 nitrogen and oxygen atoms in total. The van der Waals surface area contributed by atoms with Gasteiger partial charge in [0, 0.05) is 46.3 Å². The molecule has 0 atom stereocenters. The first-order chi connectivity index (χ1) is 11.7. The van der Waals surface area contributed by atoms with Gasteiger partial charge in [-0.05, 0) is 50.2 Å². The van der Waals surface area contributed by atoms with Crippen molar-refractivity contribution in [3.8, 4) is 22.5 Å². The number of benzene rings is 2. The van der Waals surface area contributed by atoms with Crippen molar-refractivity contribution in [2.75, 3.05) is 0 Å². The zero-order valence-electron chi connectivity index (χ0n) is 14.0. The van der Waals surface area contributed by atoms with E-state index in [9.17, 15) is 0 Å². The number of aryl methyl sites for hydroxylation is 2. The first kappa shape index (κ1) is 14.6. The molecule has 24 heavy (non-hydrogen) atoms. The molecule has 0 radical (unpaired) electrons. The van der Waals surface area contributed by atoms with Crippen molar-refractivity contribution in [1.82, 2.24) is 9.13 Å². The van der Waals surface area contributed by atoms with Crippen LogP contribution in [0.4, 0.5) is 0 Å². The van der Waals surface area contributed by atoms with Crippen LogP contribution in [0, 0.1) is 13.8 Å². The molecule has 4 rings (SSSR count). The molecule has 2 heteroatoms. The fourth-order valence-electron chi connectivity index (χ4n) is 3.19. The SMILES string of the molecule is Cc1cc(-c2cc(C)n(-c3ccccc3)c2)cn1-c1ccccc1. The maximum atomic E-state index is 2.25. The zero-order chi connectivity index (χ0) is 16.5. The molecule has 2 heterocycles. The molecule has 118 valence electrons. The lowest BCUT2D eigenvalue weighted by Gasteiger charge is -2.05. The van der Waals surface area contributed by atoms with Crippen LogP contribution in [-0.4, -0.2) is 9.13 Å². The molecule has 0 fully saturated rings. The highest BCUT2D eigenvalue weighted by Gasteiger charge is 2.10. The van der Waals surface area contributed by atoms with Gasteiger partial charge in [0.15, 0.2) is 0 Å². The molecule has 4 aromatic rings. The second-order valence-corrected chi connectivity index (χ2v) is 6.15. The molecule has 2 aromatic heterocycles. The van der Waals surface area contributed by atoms with Crippen LogP contribution >= 0.6 is 0 Å². The molecule has 0 amide bonds. The lowest BCUT2D eigenvalue weighted by atomic mass is 10.2. The summed E-state index contributed by atoms with van der Waals surface area (Å²) in [4.78, 5) is 0. The molecule has 0 bridgehead atoms. The van der Waals surface area contributed by atoms with Gasteiger partial charge in [0.25, 0.3) is 0 Å². The van der Waals surface area contributed by atoms with Crippen molar-refractivity contribution in [3.63, 3.8) is 0 Å². The third-order valence-corrected chi connectivity index (χ3v) is 4.43. The molecular weight excluding hydrogens is 292 g/mol. The Hall–Kier alpha value is -3.00. The Kier molecular flexibility index (Phi) is 3.58. The molecule has 0 aliphatic heterocycles. The summed E-state index contributed by atoms with van der Waals surface area (Å²) in [5, 5.41) is 0. The topological polar surface area (TPSA) is 9.86 Å². The number of hydrogen-bond acceptors (Lipinski definition) is 0. The summed E-state index contributed by atoms with van der Waals surface area (Å²) in [6, 6.07) is 25.4. The summed E-state index contributed by atoms with van der Waals surface area (Å²) < 4.78 is 4.48. The minimum Gasteiger partial charge on any atom is -0.321 e. The van der Waals surface area contributed by atoms with E-state index in [1.807, 2.05) is 12.1 Å². The average Bonchev–Trinajstić information content (AvgIpc) is 3.19. The van der Waals surface area contributed by atoms with Gasteiger partial charge < -0.3 is 9.13 Å². The monoisotopic (exact) mass is 312 g/mol. The van der Waals surface area contributed by atoms with Crippen LogP contribution in [0.1, 0.15) is 11.4 Å². The quantitative estimate of drug-likeness (QED) is 0.469. The van der Waals surface area contributed by atoms with Crippen LogP contribution in [0.2, 0.25) is 0 Å². The number of aromatic nitrogens is 2. The fraction of sp³-hybridized carbons (Fsp3) is 0.0909. The summed E-state index contributed by atoms with van der Waals surface area (Å²) >= 11 is 0. The molecular formula is C22H20N2. The second-order valence-electron chi connectivity index (χ2n) is 6.15. The first-order valence-electron chi connectivity index (χ1n) is 8.21. The number of para-hydroxylation sites is 2. The smallest absolute Gasteiger partial charge is 0.0452 e. The minimum atomic E-state index is 1.19. The van der Waals surface area contributed by atoms with Gasteiger partial charge in [-0.25, -0.2) is 0 Å². The van der Waals surface area contributed by atoms with E-state index in [0.717, 1.165) is 0 Å². The summed E-state index contributed by atoms with van der Waals surface area (Å²) in [7, 11) is 0. The first-order valence-corrected chi connectivity index (χ1v) is 8.21. The van der Waals surface area contributed by atoms with Gasteiger partial charge in [0.1, 0.15) is 0 Å². The minimum absolute atomic E-state index is 1.19. The van der Waals surface area contributed by atoms with Gasteiger partial charge in [-0.3, -0.25) is 0 Å². The van der Waals surface area contributed by atoms with E-state index in [2.05, 4.69) is 96.0 Å². The van der Waals surface area contributed by atoms with Crippen molar-refractivity contribution < 1.29 is 0 Å². The highest BCUT2D eigenvalue weighted by atomic mass is 15.0. The number of rotatable bonds is 3. The maximum Gasteiger partial charge on any atom is 0.0452 e. The molecule has 0 aliphatic rings. The van der Waals surface area contributed by atoms with E-state index in [-0.39, 0.29) is 0 Å². The van der Waals surface area contributed by atoms with Crippen molar-refractivity contribution in [2.45, 2.75) is 13.8 Å². The van der Waals surface area contributed by atoms with Crippen molar-refractivity contribution in [3.05, 3.63) is 96.6 Å². The van der Waals surface area contributed by atoms with Crippen LogP contribution in [0.15, 0.2) is 85.2 Å². The van der Waals surface area contributed by atoms with Crippen LogP contribution in [-0.2, 0) is 0 Å². The second kappa shape index (κ2) is 5.89. The lowest BCUT2D eigenvalue weighted by Crippen LogP contribution is -1.93. The number of nitrogens with zero attached hydrogens (tertiary/aromatic N) is 2. The number of hydrogen-bond donors (Lipinski definition) is 0. The highest BCUT2D eigenvalue weighted by Crippen LogP contribution is 2.27. The van der Waals surface area contributed by atoms with Crippen molar-refractivity contribution in [1.29, 1.82) is 0 Å². The third-order valence-electron chi connectivity index (χ3n) is 4.43. The highest BCUT2D eigenvalue weighted by molar-refractivity contribution is 5.66. The standard InChI is InChI=1S/C22H20N2/c1-17-13-19(15-23(17)21-9-5-3-6-10-21)20-14-18(2)24(16-20)22-11-7-4-8-12-22/h3-16H,1-2H3. The Morgan fingerprint density at radius 1 is 0.542 bits per heavy atom. The van der Waals surface area contributed by atoms with Gasteiger partial charge >= 0.3 is 0 Å². The molecule has 0 unspecified atom stereocenters. The van der Waals surface area contributed by atoms with Gasteiger partial charge in [0.05, 0.1) is 0 Å². The molecule has 2 aromatic carbocycles. The van der Waals surface area contributed by atoms with Gasteiger partial charge in [-0.15, -0.1) is 0 Å². The van der Waals surface area contributed by atoms with E-state index >= 15 is 0 Å². The predicted molar refractivity (Wildman–Crippen MR) is 100 cm³/mol. The Bertz CT molecular complexity index is 878. The normalized spacial score (nSPS) is 10.9. The van der Waals surface area contributed by atoms with Crippen LogP contribution < -0.4 is 0 Å². The van der Waals surface area contributed by atoms with Crippen molar-refractivity contribution in [2.24, 2.45) is 0 Å². The van der Waals surface area contributed by atoms with Gasteiger partial charge in [-0.2, -0.15) is 0 Å². The Balaban J connectivity index is 1.76. The van der Waals surface area contributed by atoms with E-state index < -0.39 is 0 Å². The van der Waals surface area contributed by atoms with Crippen LogP contribution in [0.5, 0.6) is 0 Å². The summed E-state index contributed by atoms with van der Waals surface area (Å²) in [5.74, 6) is 0. The average molecular weight is 312 g/mol. The largest absolute Gasteiger partial charge is 0.321 e.